The molecule has 0 atom stereocenters. The normalized spacial score (nSPS) is 11.2. The van der Waals surface area contributed by atoms with Gasteiger partial charge in [-0.25, -0.2) is 0 Å². The Bertz CT molecular complexity index is 675. The summed E-state index contributed by atoms with van der Waals surface area (Å²) in [6, 6.07) is 7.13. The first-order valence-corrected chi connectivity index (χ1v) is 7.78. The van der Waals surface area contributed by atoms with Gasteiger partial charge in [-0.15, -0.1) is 11.3 Å². The van der Waals surface area contributed by atoms with Gasteiger partial charge < -0.3 is 10.6 Å². The zero-order valence-corrected chi connectivity index (χ0v) is 13.7. The minimum atomic E-state index is -0.610. The number of hydrogen-bond donors (Lipinski definition) is 1. The molecule has 0 aliphatic rings. The maximum Gasteiger partial charge on any atom is 0.267 e. The highest BCUT2D eigenvalue weighted by atomic mass is 32.1. The summed E-state index contributed by atoms with van der Waals surface area (Å²) in [5.41, 5.74) is 5.62. The molecule has 2 heterocycles. The lowest BCUT2D eigenvalue weighted by atomic mass is 10.0. The Kier molecular flexibility index (Phi) is 4.61. The van der Waals surface area contributed by atoms with E-state index in [1.54, 1.807) is 28.4 Å². The van der Waals surface area contributed by atoms with E-state index in [1.807, 2.05) is 38.3 Å². The van der Waals surface area contributed by atoms with Crippen LogP contribution in [0, 0.1) is 0 Å². The molecule has 116 valence electrons. The molecule has 2 amide bonds. The molecule has 0 radical (unpaired) electrons. The van der Waals surface area contributed by atoms with Crippen LogP contribution in [0.4, 0.5) is 5.69 Å². The number of aromatic nitrogens is 1. The molecule has 2 N–H and O–H groups in total. The third-order valence-corrected chi connectivity index (χ3v) is 3.96. The van der Waals surface area contributed by atoms with Crippen molar-refractivity contribution < 1.29 is 9.59 Å². The molecule has 0 fully saturated rings. The van der Waals surface area contributed by atoms with Gasteiger partial charge in [0.1, 0.15) is 5.69 Å². The third-order valence-electron chi connectivity index (χ3n) is 3.08. The maximum atomic E-state index is 12.7. The molecule has 6 heteroatoms. The molecule has 22 heavy (non-hydrogen) atoms. The Morgan fingerprint density at radius 2 is 2.05 bits per heavy atom. The van der Waals surface area contributed by atoms with E-state index in [-0.39, 0.29) is 11.6 Å². The summed E-state index contributed by atoms with van der Waals surface area (Å²) >= 11 is 1.55. The zero-order chi connectivity index (χ0) is 16.3. The number of pyridine rings is 1. The average Bonchev–Trinajstić information content (AvgIpc) is 2.90. The van der Waals surface area contributed by atoms with Crippen LogP contribution in [0.5, 0.6) is 0 Å². The number of hydrogen-bond acceptors (Lipinski definition) is 4. The molecule has 0 unspecified atom stereocenters. The topological polar surface area (TPSA) is 76.3 Å². The van der Waals surface area contributed by atoms with Gasteiger partial charge in [-0.2, -0.15) is 0 Å². The highest BCUT2D eigenvalue weighted by Gasteiger charge is 2.28. The number of carbonyl (C=O) groups is 2. The van der Waals surface area contributed by atoms with Crippen molar-refractivity contribution in [2.24, 2.45) is 5.73 Å². The number of anilines is 1. The Hall–Kier alpha value is -2.21. The number of primary amides is 1. The molecule has 0 aromatic carbocycles. The molecule has 2 aromatic heterocycles. The third kappa shape index (κ3) is 3.71. The second-order valence-electron chi connectivity index (χ2n) is 5.92. The van der Waals surface area contributed by atoms with Crippen molar-refractivity contribution in [3.8, 4) is 0 Å². The van der Waals surface area contributed by atoms with Crippen molar-refractivity contribution in [2.75, 3.05) is 4.90 Å². The van der Waals surface area contributed by atoms with Gasteiger partial charge in [0.2, 0.25) is 5.91 Å². The van der Waals surface area contributed by atoms with Crippen LogP contribution in [-0.2, 0) is 11.2 Å². The fraction of sp³-hybridized carbons (Fsp3) is 0.312. The first-order valence-electron chi connectivity index (χ1n) is 6.90. The van der Waals surface area contributed by atoms with Crippen LogP contribution in [0.2, 0.25) is 0 Å². The molecular formula is C16H19N3O2S. The van der Waals surface area contributed by atoms with Crippen LogP contribution in [-0.4, -0.2) is 22.3 Å². The minimum Gasteiger partial charge on any atom is -0.364 e. The van der Waals surface area contributed by atoms with Crippen LogP contribution in [0.3, 0.4) is 0 Å². The Morgan fingerprint density at radius 1 is 1.32 bits per heavy atom. The summed E-state index contributed by atoms with van der Waals surface area (Å²) in [5, 5.41) is 1.95. The summed E-state index contributed by atoms with van der Waals surface area (Å²) in [5.74, 6) is -0.641. The van der Waals surface area contributed by atoms with Gasteiger partial charge in [0.25, 0.3) is 5.91 Å². The first-order chi connectivity index (χ1) is 10.3. The lowest BCUT2D eigenvalue weighted by Gasteiger charge is -2.36. The van der Waals surface area contributed by atoms with E-state index in [4.69, 9.17) is 5.73 Å². The second kappa shape index (κ2) is 6.27. The quantitative estimate of drug-likeness (QED) is 0.941. The molecule has 0 aliphatic heterocycles. The molecular weight excluding hydrogens is 298 g/mol. The molecule has 0 spiro atoms. The predicted molar refractivity (Wildman–Crippen MR) is 88.0 cm³/mol. The van der Waals surface area contributed by atoms with Gasteiger partial charge in [-0.3, -0.25) is 14.6 Å². The van der Waals surface area contributed by atoms with Crippen molar-refractivity contribution in [2.45, 2.75) is 32.7 Å². The SMILES string of the molecule is CC(C)(C)N(C(=O)Cc1cccs1)c1ccnc(C(N)=O)c1. The van der Waals surface area contributed by atoms with Crippen molar-refractivity contribution in [3.63, 3.8) is 0 Å². The van der Waals surface area contributed by atoms with Crippen LogP contribution in [0.25, 0.3) is 0 Å². The van der Waals surface area contributed by atoms with Crippen LogP contribution < -0.4 is 10.6 Å². The highest BCUT2D eigenvalue weighted by Crippen LogP contribution is 2.26. The van der Waals surface area contributed by atoms with Crippen LogP contribution in [0.1, 0.15) is 36.1 Å². The number of thiophene rings is 1. The Labute approximate surface area is 133 Å². The van der Waals surface area contributed by atoms with Gasteiger partial charge in [0.15, 0.2) is 0 Å². The molecule has 0 bridgehead atoms. The maximum absolute atomic E-state index is 12.7. The van der Waals surface area contributed by atoms with Crippen molar-refractivity contribution in [1.82, 2.24) is 4.98 Å². The summed E-state index contributed by atoms with van der Waals surface area (Å²) in [6.45, 7) is 5.84. The number of rotatable bonds is 4. The van der Waals surface area contributed by atoms with Gasteiger partial charge in [-0.05, 0) is 44.4 Å². The largest absolute Gasteiger partial charge is 0.364 e. The predicted octanol–water partition coefficient (Wildman–Crippen LogP) is 2.62. The van der Waals surface area contributed by atoms with E-state index in [9.17, 15) is 9.59 Å². The lowest BCUT2D eigenvalue weighted by Crippen LogP contribution is -2.46. The first kappa shape index (κ1) is 16.2. The zero-order valence-electron chi connectivity index (χ0n) is 12.9. The van der Waals surface area contributed by atoms with E-state index in [1.165, 1.54) is 6.20 Å². The molecule has 2 rings (SSSR count). The van der Waals surface area contributed by atoms with E-state index in [0.29, 0.717) is 12.1 Å². The number of carbonyl (C=O) groups excluding carboxylic acids is 2. The molecule has 0 aliphatic carbocycles. The van der Waals surface area contributed by atoms with Crippen molar-refractivity contribution >= 4 is 28.8 Å². The van der Waals surface area contributed by atoms with Crippen LogP contribution >= 0.6 is 11.3 Å². The second-order valence-corrected chi connectivity index (χ2v) is 6.95. The van der Waals surface area contributed by atoms with E-state index in [0.717, 1.165) is 4.88 Å². The van der Waals surface area contributed by atoms with Gasteiger partial charge in [0, 0.05) is 22.3 Å². The van der Waals surface area contributed by atoms with Crippen molar-refractivity contribution in [3.05, 3.63) is 46.4 Å². The van der Waals surface area contributed by atoms with E-state index < -0.39 is 11.4 Å². The summed E-state index contributed by atoms with van der Waals surface area (Å²) < 4.78 is 0. The van der Waals surface area contributed by atoms with Gasteiger partial charge in [-0.1, -0.05) is 6.07 Å². The van der Waals surface area contributed by atoms with E-state index in [2.05, 4.69) is 4.98 Å². The smallest absolute Gasteiger partial charge is 0.267 e. The number of amides is 2. The van der Waals surface area contributed by atoms with E-state index >= 15 is 0 Å². The number of nitrogens with zero attached hydrogens (tertiary/aromatic N) is 2. The monoisotopic (exact) mass is 317 g/mol. The highest BCUT2D eigenvalue weighted by molar-refractivity contribution is 7.10. The summed E-state index contributed by atoms with van der Waals surface area (Å²) in [6.07, 6.45) is 1.82. The van der Waals surface area contributed by atoms with Crippen LogP contribution in [0.15, 0.2) is 35.8 Å². The molecule has 2 aromatic rings. The summed E-state index contributed by atoms with van der Waals surface area (Å²) in [7, 11) is 0. The molecule has 5 nitrogen and oxygen atoms in total. The average molecular weight is 317 g/mol. The summed E-state index contributed by atoms with van der Waals surface area (Å²) in [4.78, 5) is 30.7. The van der Waals surface area contributed by atoms with Gasteiger partial charge in [0.05, 0.1) is 6.42 Å². The fourth-order valence-corrected chi connectivity index (χ4v) is 2.94. The van der Waals surface area contributed by atoms with Crippen molar-refractivity contribution in [1.29, 1.82) is 0 Å². The molecule has 0 saturated carbocycles. The number of nitrogens with two attached hydrogens (primary N) is 1. The molecule has 0 saturated heterocycles. The minimum absolute atomic E-state index is 0.0310. The standard InChI is InChI=1S/C16H19N3O2S/c1-16(2,3)19(14(20)10-12-5-4-8-22-12)11-6-7-18-13(9-11)15(17)21/h4-9H,10H2,1-3H3,(H2,17,21). The fourth-order valence-electron chi connectivity index (χ4n) is 2.24. The Balaban J connectivity index is 2.36. The lowest BCUT2D eigenvalue weighted by molar-refractivity contribution is -0.118. The van der Waals surface area contributed by atoms with Gasteiger partial charge >= 0.3 is 0 Å². The Morgan fingerprint density at radius 3 is 2.59 bits per heavy atom.